The quantitative estimate of drug-likeness (QED) is 0.629. The normalized spacial score (nSPS) is 21.2. The van der Waals surface area contributed by atoms with Crippen molar-refractivity contribution in [3.8, 4) is 0 Å². The van der Waals surface area contributed by atoms with Crippen LogP contribution in [0.4, 0.5) is 0 Å². The van der Waals surface area contributed by atoms with Gasteiger partial charge in [-0.25, -0.2) is 0 Å². The molecule has 0 amide bonds. The number of hydrogen-bond acceptors (Lipinski definition) is 2. The van der Waals surface area contributed by atoms with Crippen LogP contribution in [0.15, 0.2) is 18.2 Å². The summed E-state index contributed by atoms with van der Waals surface area (Å²) in [5.41, 5.74) is 2.57. The Bertz CT molecular complexity index is 342. The van der Waals surface area contributed by atoms with E-state index in [1.807, 2.05) is 19.1 Å². The van der Waals surface area contributed by atoms with Gasteiger partial charge in [0.15, 0.2) is 5.78 Å². The fourth-order valence-corrected chi connectivity index (χ4v) is 1.61. The highest BCUT2D eigenvalue weighted by Gasteiger charge is 2.26. The van der Waals surface area contributed by atoms with E-state index >= 15 is 0 Å². The Morgan fingerprint density at radius 3 is 3.00 bits per heavy atom. The van der Waals surface area contributed by atoms with Crippen molar-refractivity contribution in [2.75, 3.05) is 0 Å². The number of aliphatic hydroxyl groups excluding tert-OH is 1. The number of benzene rings is 1. The number of fused-ring (bicyclic) bond motifs is 1. The van der Waals surface area contributed by atoms with Gasteiger partial charge >= 0.3 is 0 Å². The van der Waals surface area contributed by atoms with Crippen molar-refractivity contribution in [1.29, 1.82) is 0 Å². The molecule has 1 aromatic rings. The first kappa shape index (κ1) is 7.50. The van der Waals surface area contributed by atoms with E-state index in [0.717, 1.165) is 11.1 Å². The largest absolute Gasteiger partial charge is 0.388 e. The number of carbonyl (C=O) groups is 1. The van der Waals surface area contributed by atoms with Crippen LogP contribution in [-0.4, -0.2) is 10.9 Å². The van der Waals surface area contributed by atoms with Gasteiger partial charge in [0.1, 0.15) is 0 Å². The maximum absolute atomic E-state index is 11.2. The third kappa shape index (κ3) is 0.959. The molecular formula is C10H10O2. The van der Waals surface area contributed by atoms with E-state index in [1.54, 1.807) is 6.07 Å². The fourth-order valence-electron chi connectivity index (χ4n) is 1.61. The number of rotatable bonds is 0. The Morgan fingerprint density at radius 2 is 2.25 bits per heavy atom. The predicted octanol–water partition coefficient (Wildman–Crippen LogP) is 1.61. The second-order valence-corrected chi connectivity index (χ2v) is 3.23. The lowest BCUT2D eigenvalue weighted by molar-refractivity contribution is 0.0930. The highest BCUT2D eigenvalue weighted by molar-refractivity contribution is 6.01. The molecule has 0 aliphatic heterocycles. The van der Waals surface area contributed by atoms with Crippen LogP contribution in [0.2, 0.25) is 0 Å². The van der Waals surface area contributed by atoms with Crippen molar-refractivity contribution in [2.24, 2.45) is 0 Å². The van der Waals surface area contributed by atoms with Crippen LogP contribution in [0, 0.1) is 6.92 Å². The van der Waals surface area contributed by atoms with E-state index in [1.165, 1.54) is 0 Å². The maximum Gasteiger partial charge on any atom is 0.166 e. The van der Waals surface area contributed by atoms with Crippen LogP contribution < -0.4 is 0 Å². The Morgan fingerprint density at radius 1 is 1.50 bits per heavy atom. The average Bonchev–Trinajstić information content (AvgIpc) is 2.28. The SMILES string of the molecule is Cc1ccc2c(c1)C(O)CC2=O. The summed E-state index contributed by atoms with van der Waals surface area (Å²) in [4.78, 5) is 11.2. The van der Waals surface area contributed by atoms with Gasteiger partial charge in [-0.2, -0.15) is 0 Å². The van der Waals surface area contributed by atoms with Gasteiger partial charge in [-0.3, -0.25) is 4.79 Å². The molecule has 0 fully saturated rings. The van der Waals surface area contributed by atoms with Gasteiger partial charge in [0.2, 0.25) is 0 Å². The van der Waals surface area contributed by atoms with Crippen LogP contribution in [0.25, 0.3) is 0 Å². The first-order valence-corrected chi connectivity index (χ1v) is 4.00. The molecule has 12 heavy (non-hydrogen) atoms. The molecular weight excluding hydrogens is 152 g/mol. The molecule has 0 saturated carbocycles. The minimum atomic E-state index is -0.576. The van der Waals surface area contributed by atoms with Gasteiger partial charge in [-0.15, -0.1) is 0 Å². The number of hydrogen-bond donors (Lipinski definition) is 1. The molecule has 1 atom stereocenters. The minimum absolute atomic E-state index is 0.0532. The second-order valence-electron chi connectivity index (χ2n) is 3.23. The molecule has 1 aliphatic rings. The minimum Gasteiger partial charge on any atom is -0.388 e. The van der Waals surface area contributed by atoms with Crippen molar-refractivity contribution in [2.45, 2.75) is 19.4 Å². The number of Topliss-reactive ketones (excluding diaryl/α,β-unsaturated/α-hetero) is 1. The topological polar surface area (TPSA) is 37.3 Å². The Labute approximate surface area is 70.8 Å². The van der Waals surface area contributed by atoms with Crippen LogP contribution in [0.5, 0.6) is 0 Å². The first-order chi connectivity index (χ1) is 5.68. The molecule has 0 saturated heterocycles. The molecule has 1 unspecified atom stereocenters. The summed E-state index contributed by atoms with van der Waals surface area (Å²) in [7, 11) is 0. The summed E-state index contributed by atoms with van der Waals surface area (Å²) in [6.45, 7) is 1.95. The molecule has 1 N–H and O–H groups in total. The average molecular weight is 162 g/mol. The molecule has 0 bridgehead atoms. The lowest BCUT2D eigenvalue weighted by Crippen LogP contribution is -1.90. The zero-order valence-corrected chi connectivity index (χ0v) is 6.87. The number of carbonyl (C=O) groups excluding carboxylic acids is 1. The van der Waals surface area contributed by atoms with Crippen LogP contribution in [0.3, 0.4) is 0 Å². The van der Waals surface area contributed by atoms with E-state index in [0.29, 0.717) is 5.56 Å². The summed E-state index contributed by atoms with van der Waals surface area (Å²) in [5, 5.41) is 9.46. The van der Waals surface area contributed by atoms with Crippen molar-refractivity contribution in [1.82, 2.24) is 0 Å². The van der Waals surface area contributed by atoms with E-state index in [-0.39, 0.29) is 12.2 Å². The number of aliphatic hydroxyl groups is 1. The number of ketones is 1. The maximum atomic E-state index is 11.2. The van der Waals surface area contributed by atoms with Crippen molar-refractivity contribution < 1.29 is 9.90 Å². The number of aryl methyl sites for hydroxylation is 1. The van der Waals surface area contributed by atoms with E-state index < -0.39 is 6.10 Å². The van der Waals surface area contributed by atoms with E-state index in [9.17, 15) is 9.90 Å². The van der Waals surface area contributed by atoms with Gasteiger partial charge in [0.05, 0.1) is 6.10 Å². The molecule has 1 aromatic carbocycles. The highest BCUT2D eigenvalue weighted by atomic mass is 16.3. The molecule has 0 radical (unpaired) electrons. The second kappa shape index (κ2) is 2.42. The van der Waals surface area contributed by atoms with Crippen molar-refractivity contribution in [3.63, 3.8) is 0 Å². The van der Waals surface area contributed by atoms with E-state index in [4.69, 9.17) is 0 Å². The van der Waals surface area contributed by atoms with Crippen LogP contribution >= 0.6 is 0 Å². The van der Waals surface area contributed by atoms with Gasteiger partial charge in [0.25, 0.3) is 0 Å². The molecule has 62 valence electrons. The lowest BCUT2D eigenvalue weighted by Gasteiger charge is -2.02. The van der Waals surface area contributed by atoms with Gasteiger partial charge < -0.3 is 5.11 Å². The Hall–Kier alpha value is -1.15. The van der Waals surface area contributed by atoms with Gasteiger partial charge in [0, 0.05) is 12.0 Å². The lowest BCUT2D eigenvalue weighted by atomic mass is 10.1. The third-order valence-electron chi connectivity index (χ3n) is 2.25. The molecule has 2 nitrogen and oxygen atoms in total. The zero-order valence-electron chi connectivity index (χ0n) is 6.87. The van der Waals surface area contributed by atoms with E-state index in [2.05, 4.69) is 0 Å². The summed E-state index contributed by atoms with van der Waals surface area (Å²) in [6, 6.07) is 5.57. The zero-order chi connectivity index (χ0) is 8.72. The molecule has 0 spiro atoms. The molecule has 2 rings (SSSR count). The highest BCUT2D eigenvalue weighted by Crippen LogP contribution is 2.31. The van der Waals surface area contributed by atoms with Crippen LogP contribution in [0.1, 0.15) is 34.0 Å². The monoisotopic (exact) mass is 162 g/mol. The molecule has 2 heteroatoms. The van der Waals surface area contributed by atoms with Crippen LogP contribution in [-0.2, 0) is 0 Å². The smallest absolute Gasteiger partial charge is 0.166 e. The van der Waals surface area contributed by atoms with Gasteiger partial charge in [-0.05, 0) is 12.5 Å². The summed E-state index contributed by atoms with van der Waals surface area (Å²) >= 11 is 0. The molecule has 1 aliphatic carbocycles. The summed E-state index contributed by atoms with van der Waals surface area (Å²) in [6.07, 6.45) is -0.328. The summed E-state index contributed by atoms with van der Waals surface area (Å²) < 4.78 is 0. The predicted molar refractivity (Wildman–Crippen MR) is 45.1 cm³/mol. The van der Waals surface area contributed by atoms with Crippen molar-refractivity contribution in [3.05, 3.63) is 34.9 Å². The third-order valence-corrected chi connectivity index (χ3v) is 2.25. The Balaban J connectivity index is 2.60. The van der Waals surface area contributed by atoms with Gasteiger partial charge in [-0.1, -0.05) is 23.8 Å². The first-order valence-electron chi connectivity index (χ1n) is 4.00. The molecule has 0 heterocycles. The standard InChI is InChI=1S/C10H10O2/c1-6-2-3-7-8(4-6)10(12)5-9(7)11/h2-4,10,12H,5H2,1H3. The van der Waals surface area contributed by atoms with Crippen molar-refractivity contribution >= 4 is 5.78 Å². The molecule has 0 aromatic heterocycles. The summed E-state index contributed by atoms with van der Waals surface area (Å²) in [5.74, 6) is 0.0532. The Kier molecular flexibility index (Phi) is 1.51. The fraction of sp³-hybridized carbons (Fsp3) is 0.300.